The van der Waals surface area contributed by atoms with Crippen LogP contribution in [-0.2, 0) is 4.74 Å². The Labute approximate surface area is 103 Å². The van der Waals surface area contributed by atoms with E-state index in [1.807, 2.05) is 0 Å². The molecule has 1 saturated heterocycles. The molecule has 0 aromatic rings. The smallest absolute Gasteiger partial charge is 0.411 e. The number of terminal acetylenes is 1. The van der Waals surface area contributed by atoms with Crippen LogP contribution in [0.3, 0.4) is 0 Å². The van der Waals surface area contributed by atoms with E-state index in [1.54, 1.807) is 20.8 Å². The first kappa shape index (κ1) is 13.4. The summed E-state index contributed by atoms with van der Waals surface area (Å²) in [6.07, 6.45) is 6.48. The summed E-state index contributed by atoms with van der Waals surface area (Å²) in [5.74, 6) is 2.48. The largest absolute Gasteiger partial charge is 0.444 e. The van der Waals surface area contributed by atoms with Crippen LogP contribution >= 0.6 is 0 Å². The Morgan fingerprint density at radius 2 is 2.24 bits per heavy atom. The van der Waals surface area contributed by atoms with Gasteiger partial charge in [-0.1, -0.05) is 0 Å². The standard InChI is InChI=1S/C13H18N2O2/c1-5-7-13(10-14)8-6-9-15(13)11(16)17-12(2,3)4/h1H,6-9H2,2-4H3. The highest BCUT2D eigenvalue weighted by Crippen LogP contribution is 2.32. The van der Waals surface area contributed by atoms with Crippen LogP contribution in [0.2, 0.25) is 0 Å². The number of likely N-dealkylation sites (tertiary alicyclic amines) is 1. The summed E-state index contributed by atoms with van der Waals surface area (Å²) < 4.78 is 5.29. The van der Waals surface area contributed by atoms with Gasteiger partial charge in [0.15, 0.2) is 0 Å². The van der Waals surface area contributed by atoms with E-state index in [-0.39, 0.29) is 6.42 Å². The van der Waals surface area contributed by atoms with Gasteiger partial charge in [-0.15, -0.1) is 12.3 Å². The van der Waals surface area contributed by atoms with E-state index in [0.717, 1.165) is 6.42 Å². The fourth-order valence-corrected chi connectivity index (χ4v) is 1.97. The van der Waals surface area contributed by atoms with Crippen molar-refractivity contribution in [2.45, 2.75) is 51.2 Å². The van der Waals surface area contributed by atoms with Gasteiger partial charge in [0.1, 0.15) is 11.1 Å². The predicted molar refractivity (Wildman–Crippen MR) is 64.0 cm³/mol. The lowest BCUT2D eigenvalue weighted by molar-refractivity contribution is 0.0162. The molecule has 92 valence electrons. The molecule has 0 aromatic heterocycles. The summed E-state index contributed by atoms with van der Waals surface area (Å²) in [6, 6.07) is 2.18. The predicted octanol–water partition coefficient (Wildman–Crippen LogP) is 2.30. The molecule has 0 spiro atoms. The van der Waals surface area contributed by atoms with Crippen LogP contribution in [-0.4, -0.2) is 28.7 Å². The highest BCUT2D eigenvalue weighted by atomic mass is 16.6. The summed E-state index contributed by atoms with van der Waals surface area (Å²) in [6.45, 7) is 5.94. The van der Waals surface area contributed by atoms with E-state index in [4.69, 9.17) is 11.2 Å². The summed E-state index contributed by atoms with van der Waals surface area (Å²) in [5, 5.41) is 9.27. The molecule has 0 aromatic carbocycles. The number of ether oxygens (including phenoxy) is 1. The molecule has 0 aliphatic carbocycles. The number of amides is 1. The van der Waals surface area contributed by atoms with Crippen LogP contribution in [0.5, 0.6) is 0 Å². The molecule has 1 atom stereocenters. The van der Waals surface area contributed by atoms with Gasteiger partial charge in [-0.05, 0) is 33.6 Å². The van der Waals surface area contributed by atoms with E-state index >= 15 is 0 Å². The Balaban J connectivity index is 2.87. The minimum atomic E-state index is -0.878. The Hall–Kier alpha value is -1.68. The molecule has 0 N–H and O–H groups in total. The molecule has 0 bridgehead atoms. The van der Waals surface area contributed by atoms with Crippen LogP contribution in [0.15, 0.2) is 0 Å². The minimum Gasteiger partial charge on any atom is -0.444 e. The van der Waals surface area contributed by atoms with E-state index in [0.29, 0.717) is 13.0 Å². The summed E-state index contributed by atoms with van der Waals surface area (Å²) in [4.78, 5) is 13.5. The zero-order chi connectivity index (χ0) is 13.1. The van der Waals surface area contributed by atoms with Gasteiger partial charge in [0, 0.05) is 13.0 Å². The highest BCUT2D eigenvalue weighted by molar-refractivity contribution is 5.70. The van der Waals surface area contributed by atoms with Crippen molar-refractivity contribution < 1.29 is 9.53 Å². The molecular formula is C13H18N2O2. The number of carbonyl (C=O) groups is 1. The fourth-order valence-electron chi connectivity index (χ4n) is 1.97. The number of hydrogen-bond donors (Lipinski definition) is 0. The monoisotopic (exact) mass is 234 g/mol. The first-order valence-corrected chi connectivity index (χ1v) is 5.70. The molecule has 1 amide bonds. The third kappa shape index (κ3) is 2.91. The molecule has 0 radical (unpaired) electrons. The second-order valence-corrected chi connectivity index (χ2v) is 5.26. The van der Waals surface area contributed by atoms with Crippen molar-refractivity contribution in [1.29, 1.82) is 5.26 Å². The Morgan fingerprint density at radius 1 is 1.59 bits per heavy atom. The zero-order valence-electron chi connectivity index (χ0n) is 10.6. The summed E-state index contributed by atoms with van der Waals surface area (Å²) in [5.41, 5.74) is -1.44. The number of nitrogens with zero attached hydrogens (tertiary/aromatic N) is 2. The average molecular weight is 234 g/mol. The molecule has 1 fully saturated rings. The van der Waals surface area contributed by atoms with Gasteiger partial charge in [0.25, 0.3) is 0 Å². The van der Waals surface area contributed by atoms with Crippen molar-refractivity contribution in [2.24, 2.45) is 0 Å². The maximum absolute atomic E-state index is 12.0. The first-order valence-electron chi connectivity index (χ1n) is 5.70. The van der Waals surface area contributed by atoms with Gasteiger partial charge in [-0.25, -0.2) is 4.79 Å². The molecule has 1 aliphatic heterocycles. The topological polar surface area (TPSA) is 53.3 Å². The number of nitriles is 1. The third-order valence-electron chi connectivity index (χ3n) is 2.71. The van der Waals surface area contributed by atoms with Crippen molar-refractivity contribution in [1.82, 2.24) is 4.90 Å². The quantitative estimate of drug-likeness (QED) is 0.654. The van der Waals surface area contributed by atoms with E-state index in [2.05, 4.69) is 12.0 Å². The van der Waals surface area contributed by atoms with Gasteiger partial charge >= 0.3 is 6.09 Å². The van der Waals surface area contributed by atoms with Crippen molar-refractivity contribution >= 4 is 6.09 Å². The molecule has 4 heteroatoms. The zero-order valence-corrected chi connectivity index (χ0v) is 10.6. The highest BCUT2D eigenvalue weighted by Gasteiger charge is 2.45. The third-order valence-corrected chi connectivity index (χ3v) is 2.71. The van der Waals surface area contributed by atoms with Gasteiger partial charge in [-0.3, -0.25) is 4.90 Å². The number of hydrogen-bond acceptors (Lipinski definition) is 3. The molecule has 1 rings (SSSR count). The Bertz CT molecular complexity index is 384. The summed E-state index contributed by atoms with van der Waals surface area (Å²) >= 11 is 0. The van der Waals surface area contributed by atoms with Crippen molar-refractivity contribution in [3.8, 4) is 18.4 Å². The SMILES string of the molecule is C#CCC1(C#N)CCCN1C(=O)OC(C)(C)C. The van der Waals surface area contributed by atoms with Crippen molar-refractivity contribution in [3.05, 3.63) is 0 Å². The lowest BCUT2D eigenvalue weighted by Gasteiger charge is -2.32. The molecule has 1 heterocycles. The maximum Gasteiger partial charge on any atom is 0.411 e. The van der Waals surface area contributed by atoms with Crippen LogP contribution in [0, 0.1) is 23.7 Å². The molecule has 17 heavy (non-hydrogen) atoms. The molecular weight excluding hydrogens is 216 g/mol. The van der Waals surface area contributed by atoms with E-state index in [1.165, 1.54) is 4.90 Å². The van der Waals surface area contributed by atoms with Gasteiger partial charge in [0.05, 0.1) is 6.07 Å². The van der Waals surface area contributed by atoms with Crippen LogP contribution in [0.1, 0.15) is 40.0 Å². The second kappa shape index (κ2) is 4.67. The molecule has 4 nitrogen and oxygen atoms in total. The van der Waals surface area contributed by atoms with E-state index < -0.39 is 17.2 Å². The van der Waals surface area contributed by atoms with Crippen LogP contribution < -0.4 is 0 Å². The maximum atomic E-state index is 12.0. The van der Waals surface area contributed by atoms with Crippen molar-refractivity contribution in [3.63, 3.8) is 0 Å². The minimum absolute atomic E-state index is 0.253. The lowest BCUT2D eigenvalue weighted by atomic mass is 9.94. The fraction of sp³-hybridized carbons (Fsp3) is 0.692. The Morgan fingerprint density at radius 3 is 2.71 bits per heavy atom. The number of carbonyl (C=O) groups excluding carboxylic acids is 1. The number of rotatable bonds is 1. The molecule has 0 saturated carbocycles. The van der Waals surface area contributed by atoms with E-state index in [9.17, 15) is 10.1 Å². The van der Waals surface area contributed by atoms with Gasteiger partial charge in [-0.2, -0.15) is 5.26 Å². The normalized spacial score (nSPS) is 23.9. The lowest BCUT2D eigenvalue weighted by Crippen LogP contribution is -2.48. The summed E-state index contributed by atoms with van der Waals surface area (Å²) in [7, 11) is 0. The van der Waals surface area contributed by atoms with Gasteiger partial charge < -0.3 is 4.74 Å². The van der Waals surface area contributed by atoms with Gasteiger partial charge in [0.2, 0.25) is 0 Å². The molecule has 1 aliphatic rings. The van der Waals surface area contributed by atoms with Crippen LogP contribution in [0.25, 0.3) is 0 Å². The second-order valence-electron chi connectivity index (χ2n) is 5.26. The van der Waals surface area contributed by atoms with Crippen molar-refractivity contribution in [2.75, 3.05) is 6.54 Å². The van der Waals surface area contributed by atoms with Crippen LogP contribution in [0.4, 0.5) is 4.79 Å². The Kier molecular flexibility index (Phi) is 3.68. The molecule has 1 unspecified atom stereocenters. The average Bonchev–Trinajstić information content (AvgIpc) is 2.60. The first-order chi connectivity index (χ1) is 7.84.